The van der Waals surface area contributed by atoms with Crippen LogP contribution in [-0.2, 0) is 19.1 Å². The molecule has 5 nitrogen and oxygen atoms in total. The average Bonchev–Trinajstić information content (AvgIpc) is 2.71. The number of Topliss-reactive ketones (excluding diaryl/α,β-unsaturated/α-hetero) is 2. The van der Waals surface area contributed by atoms with Gasteiger partial charge in [-0.2, -0.15) is 0 Å². The van der Waals surface area contributed by atoms with Crippen molar-refractivity contribution in [3.8, 4) is 0 Å². The number of aliphatic hydroxyl groups is 1. The lowest BCUT2D eigenvalue weighted by Gasteiger charge is -2.38. The molecule has 1 rings (SSSR count). The van der Waals surface area contributed by atoms with Crippen molar-refractivity contribution < 1.29 is 24.2 Å². The second-order valence-electron chi connectivity index (χ2n) is 8.96. The smallest absolute Gasteiger partial charge is 0.335 e. The van der Waals surface area contributed by atoms with Gasteiger partial charge in [-0.15, -0.1) is 0 Å². The predicted octanol–water partition coefficient (Wildman–Crippen LogP) is 4.87. The molecule has 0 spiro atoms. The quantitative estimate of drug-likeness (QED) is 0.251. The average molecular weight is 417 g/mol. The lowest BCUT2D eigenvalue weighted by Crippen LogP contribution is -2.35. The van der Waals surface area contributed by atoms with Gasteiger partial charge in [-0.3, -0.25) is 4.79 Å². The Morgan fingerprint density at radius 3 is 2.40 bits per heavy atom. The molecule has 1 aliphatic carbocycles. The van der Waals surface area contributed by atoms with E-state index < -0.39 is 11.9 Å². The Balaban J connectivity index is 3.33. The molecule has 3 atom stereocenters. The molecule has 1 N–H and O–H groups in total. The molecule has 0 aromatic rings. The van der Waals surface area contributed by atoms with E-state index in [4.69, 9.17) is 4.74 Å². The summed E-state index contributed by atoms with van der Waals surface area (Å²) in [5.74, 6) is -1.67. The monoisotopic (exact) mass is 416 g/mol. The van der Waals surface area contributed by atoms with Crippen molar-refractivity contribution in [2.75, 3.05) is 6.61 Å². The van der Waals surface area contributed by atoms with Crippen LogP contribution in [0.5, 0.6) is 0 Å². The molecule has 166 valence electrons. The molecule has 0 saturated heterocycles. The third kappa shape index (κ3) is 7.86. The first-order valence-corrected chi connectivity index (χ1v) is 10.5. The second kappa shape index (κ2) is 11.8. The minimum atomic E-state index is -0.599. The molecule has 0 radical (unpaired) electrons. The molecular weight excluding hydrogens is 380 g/mol. The van der Waals surface area contributed by atoms with Gasteiger partial charge in [0, 0.05) is 24.0 Å². The third-order valence-corrected chi connectivity index (χ3v) is 5.53. The van der Waals surface area contributed by atoms with E-state index in [1.165, 1.54) is 24.8 Å². The number of carbonyl (C=O) groups is 3. The molecule has 5 heteroatoms. The van der Waals surface area contributed by atoms with Crippen LogP contribution < -0.4 is 0 Å². The number of esters is 1. The number of allylic oxidation sites excluding steroid dienone is 5. The predicted molar refractivity (Wildman–Crippen MR) is 119 cm³/mol. The molecule has 0 amide bonds. The molecule has 30 heavy (non-hydrogen) atoms. The van der Waals surface area contributed by atoms with Crippen molar-refractivity contribution in [1.29, 1.82) is 0 Å². The van der Waals surface area contributed by atoms with Crippen molar-refractivity contribution in [3.63, 3.8) is 0 Å². The highest BCUT2D eigenvalue weighted by Gasteiger charge is 2.43. The van der Waals surface area contributed by atoms with Gasteiger partial charge in [0.15, 0.2) is 5.78 Å². The van der Waals surface area contributed by atoms with Crippen LogP contribution in [-0.4, -0.2) is 29.2 Å². The zero-order valence-corrected chi connectivity index (χ0v) is 19.2. The Kier molecular flexibility index (Phi) is 10.1. The highest BCUT2D eigenvalue weighted by molar-refractivity contribution is 6.00. The van der Waals surface area contributed by atoms with E-state index in [9.17, 15) is 19.5 Å². The van der Waals surface area contributed by atoms with Gasteiger partial charge < -0.3 is 14.6 Å². The third-order valence-electron chi connectivity index (χ3n) is 5.53. The number of ketones is 2. The molecule has 0 bridgehead atoms. The number of aliphatic hydroxyl groups excluding tert-OH is 1. The van der Waals surface area contributed by atoms with E-state index in [1.807, 2.05) is 13.8 Å². The number of ether oxygens (including phenoxy) is 1. The fraction of sp³-hybridized carbons (Fsp3) is 0.560. The lowest BCUT2D eigenvalue weighted by molar-refractivity contribution is -0.132. The first-order chi connectivity index (χ1) is 14.0. The van der Waals surface area contributed by atoms with Gasteiger partial charge in [0.1, 0.15) is 5.78 Å². The largest absolute Gasteiger partial charge is 0.432 e. The first-order valence-electron chi connectivity index (χ1n) is 10.5. The molecule has 0 aliphatic heterocycles. The normalized spacial score (nSPS) is 24.1. The van der Waals surface area contributed by atoms with Gasteiger partial charge in [0.05, 0.1) is 12.9 Å². The summed E-state index contributed by atoms with van der Waals surface area (Å²) in [6.45, 7) is 10.9. The van der Waals surface area contributed by atoms with Gasteiger partial charge in [-0.05, 0) is 71.3 Å². The van der Waals surface area contributed by atoms with Crippen molar-refractivity contribution in [3.05, 3.63) is 47.3 Å². The number of carbonyl (C=O) groups excluding carboxylic acids is 3. The van der Waals surface area contributed by atoms with Crippen molar-refractivity contribution in [2.24, 2.45) is 17.3 Å². The highest BCUT2D eigenvalue weighted by Crippen LogP contribution is 2.46. The molecule has 0 heterocycles. The molecule has 0 aromatic heterocycles. The number of rotatable bonds is 9. The topological polar surface area (TPSA) is 80.7 Å². The summed E-state index contributed by atoms with van der Waals surface area (Å²) in [5.41, 5.74) is 2.07. The number of hydrogen-bond donors (Lipinski definition) is 1. The van der Waals surface area contributed by atoms with E-state index in [0.717, 1.165) is 18.4 Å². The Hall–Kier alpha value is -2.27. The van der Waals surface area contributed by atoms with Crippen LogP contribution >= 0.6 is 0 Å². The van der Waals surface area contributed by atoms with Crippen molar-refractivity contribution >= 4 is 17.5 Å². The van der Waals surface area contributed by atoms with Gasteiger partial charge in [-0.1, -0.05) is 30.2 Å². The second-order valence-corrected chi connectivity index (χ2v) is 8.96. The minimum absolute atomic E-state index is 0.0841. The summed E-state index contributed by atoms with van der Waals surface area (Å²) in [5, 5.41) is 9.70. The van der Waals surface area contributed by atoms with Gasteiger partial charge >= 0.3 is 5.97 Å². The Bertz CT molecular complexity index is 760. The summed E-state index contributed by atoms with van der Waals surface area (Å²) >= 11 is 0. The summed E-state index contributed by atoms with van der Waals surface area (Å²) in [4.78, 5) is 36.9. The molecule has 0 unspecified atom stereocenters. The summed E-state index contributed by atoms with van der Waals surface area (Å²) in [6, 6.07) is 0. The van der Waals surface area contributed by atoms with E-state index in [1.54, 1.807) is 26.0 Å². The van der Waals surface area contributed by atoms with Gasteiger partial charge in [0.2, 0.25) is 0 Å². The summed E-state index contributed by atoms with van der Waals surface area (Å²) < 4.78 is 5.20. The van der Waals surface area contributed by atoms with Gasteiger partial charge in [0.25, 0.3) is 0 Å². The molecule has 0 saturated carbocycles. The van der Waals surface area contributed by atoms with Crippen LogP contribution in [0.25, 0.3) is 0 Å². The first kappa shape index (κ1) is 25.8. The SMILES string of the molecule is CC(=O)C[C@H]1C(=O)C(CO)=CC[C@@](C)(CCC=C(C)C)[C@H]1/C=C\OC(=O)C=C(C)C. The fourth-order valence-corrected chi connectivity index (χ4v) is 3.94. The Morgan fingerprint density at radius 1 is 1.20 bits per heavy atom. The lowest BCUT2D eigenvalue weighted by atomic mass is 9.65. The summed E-state index contributed by atoms with van der Waals surface area (Å²) in [6.07, 6.45) is 10.8. The Labute approximate surface area is 180 Å². The van der Waals surface area contributed by atoms with Crippen LogP contribution in [0.15, 0.2) is 47.3 Å². The minimum Gasteiger partial charge on any atom is -0.432 e. The van der Waals surface area contributed by atoms with Crippen LogP contribution in [0.1, 0.15) is 67.2 Å². The highest BCUT2D eigenvalue weighted by atomic mass is 16.5. The van der Waals surface area contributed by atoms with E-state index >= 15 is 0 Å². The van der Waals surface area contributed by atoms with Crippen LogP contribution in [0.2, 0.25) is 0 Å². The maximum Gasteiger partial charge on any atom is 0.335 e. The molecule has 1 aliphatic rings. The van der Waals surface area contributed by atoms with Crippen LogP contribution in [0, 0.1) is 17.3 Å². The van der Waals surface area contributed by atoms with E-state index in [-0.39, 0.29) is 35.9 Å². The van der Waals surface area contributed by atoms with Crippen molar-refractivity contribution in [1.82, 2.24) is 0 Å². The van der Waals surface area contributed by atoms with Crippen molar-refractivity contribution in [2.45, 2.75) is 67.2 Å². The van der Waals surface area contributed by atoms with Crippen LogP contribution in [0.3, 0.4) is 0 Å². The van der Waals surface area contributed by atoms with E-state index in [0.29, 0.717) is 12.0 Å². The molecule has 0 fully saturated rings. The zero-order valence-electron chi connectivity index (χ0n) is 19.2. The maximum atomic E-state index is 13.1. The van der Waals surface area contributed by atoms with Crippen LogP contribution in [0.4, 0.5) is 0 Å². The maximum absolute atomic E-state index is 13.1. The molecular formula is C25H36O5. The Morgan fingerprint density at radius 2 is 1.87 bits per heavy atom. The number of hydrogen-bond acceptors (Lipinski definition) is 5. The zero-order chi connectivity index (χ0) is 22.9. The van der Waals surface area contributed by atoms with Gasteiger partial charge in [-0.25, -0.2) is 4.79 Å². The fourth-order valence-electron chi connectivity index (χ4n) is 3.94. The molecule has 0 aromatic carbocycles. The van der Waals surface area contributed by atoms with E-state index in [2.05, 4.69) is 13.0 Å². The standard InChI is InChI=1S/C25H36O5/c1-17(2)8-7-11-25(6)12-9-20(16-26)24(29)21(15-19(5)27)22(25)10-13-30-23(28)14-18(3)4/h8-10,13-14,21-22,26H,7,11-12,15-16H2,1-6H3/b13-10-/t21-,22+,25-/m1/s1. The summed E-state index contributed by atoms with van der Waals surface area (Å²) in [7, 11) is 0.